The fourth-order valence-electron chi connectivity index (χ4n) is 0. The summed E-state index contributed by atoms with van der Waals surface area (Å²) >= 11 is 0. The predicted octanol–water partition coefficient (Wildman–Crippen LogP) is -6.08. The molecule has 0 saturated heterocycles. The Morgan fingerprint density at radius 2 is 0.643 bits per heavy atom. The van der Waals surface area contributed by atoms with Gasteiger partial charge in [0.05, 0.1) is 0 Å². The van der Waals surface area contributed by atoms with Crippen LogP contribution in [0.1, 0.15) is 0 Å². The molecule has 0 fully saturated rings. The van der Waals surface area contributed by atoms with Crippen molar-refractivity contribution in [3.05, 3.63) is 0 Å². The van der Waals surface area contributed by atoms with Gasteiger partial charge in [0.1, 0.15) is 0 Å². The van der Waals surface area contributed by atoms with Crippen LogP contribution in [0.2, 0.25) is 0 Å². The summed E-state index contributed by atoms with van der Waals surface area (Å²) in [5, 5.41) is 33.3. The number of rotatable bonds is 0. The largest absolute Gasteiger partial charge is 2.00 e. The van der Waals surface area contributed by atoms with Gasteiger partial charge in [-0.3, -0.25) is 0 Å². The molecule has 0 aromatic rings. The Kier molecular flexibility index (Phi) is 249. The van der Waals surface area contributed by atoms with E-state index in [9.17, 15) is 0 Å². The van der Waals surface area contributed by atoms with E-state index in [0.717, 1.165) is 0 Å². The van der Waals surface area contributed by atoms with Crippen LogP contribution >= 0.6 is 0 Å². The van der Waals surface area contributed by atoms with Crippen molar-refractivity contribution in [2.75, 3.05) is 0 Å². The third-order valence-corrected chi connectivity index (χ3v) is 0. The normalized spacial score (nSPS) is 3.43. The Bertz CT molecular complexity index is 76.1. The Labute approximate surface area is 108 Å². The van der Waals surface area contributed by atoms with Crippen LogP contribution in [-0.2, 0) is 49.5 Å². The molecule has 4 N–H and O–H groups in total. The molecule has 0 rings (SSSR count). The molecule has 0 amide bonds. The van der Waals surface area contributed by atoms with Gasteiger partial charge in [-0.2, -0.15) is 0 Å². The maximum Gasteiger partial charge on any atom is 2.00 e. The van der Waals surface area contributed by atoms with Gasteiger partial charge in [-0.15, -0.1) is 0 Å². The molecule has 12 heteroatoms. The number of carboxylic acid groups (broad SMARTS) is 4. The van der Waals surface area contributed by atoms with Crippen molar-refractivity contribution < 1.29 is 95.9 Å². The van der Waals surface area contributed by atoms with Crippen molar-refractivity contribution in [1.29, 1.82) is 0 Å². The maximum atomic E-state index is 8.33. The van der Waals surface area contributed by atoms with Crippen LogP contribution in [0, 0.1) is 0 Å². The second kappa shape index (κ2) is 52.5. The van der Waals surface area contributed by atoms with Crippen molar-refractivity contribution in [2.24, 2.45) is 0 Å². The third kappa shape index (κ3) is 143000. The van der Waals surface area contributed by atoms with Gasteiger partial charge >= 0.3 is 49.5 Å². The Balaban J connectivity index is -0.00000000600. The van der Waals surface area contributed by atoms with Crippen LogP contribution in [0.25, 0.3) is 0 Å². The third-order valence-electron chi connectivity index (χ3n) is 0. The fourth-order valence-corrected chi connectivity index (χ4v) is 0. The molecule has 0 aliphatic carbocycles. The summed E-state index contributed by atoms with van der Waals surface area (Å²) in [6.45, 7) is 0. The van der Waals surface area contributed by atoms with E-state index in [1.807, 2.05) is 0 Å². The minimum absolute atomic E-state index is 0. The summed E-state index contributed by atoms with van der Waals surface area (Å²) in [5.74, 6) is 0. The quantitative estimate of drug-likeness (QED) is 0.382. The van der Waals surface area contributed by atoms with E-state index >= 15 is 0 Å². The van der Waals surface area contributed by atoms with Gasteiger partial charge < -0.3 is 46.4 Å². The molecule has 0 aromatic heterocycles. The van der Waals surface area contributed by atoms with E-state index in [2.05, 4.69) is 0 Å². The fraction of sp³-hybridized carbons (Fsp3) is 0. The van der Waals surface area contributed by atoms with Crippen molar-refractivity contribution in [1.82, 2.24) is 0 Å². The predicted molar refractivity (Wildman–Crippen MR) is 18.3 cm³/mol. The van der Waals surface area contributed by atoms with E-state index in [4.69, 9.17) is 30.0 Å². The molecule has 0 bridgehead atoms. The second-order valence-electron chi connectivity index (χ2n) is 0.500. The van der Waals surface area contributed by atoms with Crippen molar-refractivity contribution in [3.63, 3.8) is 0 Å². The minimum atomic E-state index is -2.33. The Morgan fingerprint density at radius 3 is 0.643 bits per heavy atom. The van der Waals surface area contributed by atoms with Gasteiger partial charge in [-0.1, -0.05) is 0 Å². The van der Waals surface area contributed by atoms with E-state index in [-0.39, 0.29) is 65.9 Å². The van der Waals surface area contributed by atoms with E-state index in [1.54, 1.807) is 0 Å². The van der Waals surface area contributed by atoms with Crippen molar-refractivity contribution in [2.45, 2.75) is 0 Å². The van der Waals surface area contributed by atoms with E-state index in [0.29, 0.717) is 0 Å². The first-order chi connectivity index (χ1) is 3.46. The van der Waals surface area contributed by atoms with Gasteiger partial charge in [0.15, 0.2) is 0 Å². The minimum Gasteiger partial charge on any atom is -0.870 e. The summed E-state index contributed by atoms with van der Waals surface area (Å²) < 4.78 is 0. The average molecular weight is 348 g/mol. The maximum absolute atomic E-state index is 8.33. The molecule has 96 valence electrons. The van der Waals surface area contributed by atoms with Crippen LogP contribution < -0.4 is 20.4 Å². The molecule has 0 radical (unpaired) electrons. The molecule has 0 heterocycles. The average Bonchev–Trinajstić information content (AvgIpc) is 1.25. The molecule has 0 atom stereocenters. The zero-order chi connectivity index (χ0) is 7.15. The summed E-state index contributed by atoms with van der Waals surface area (Å²) in [6, 6.07) is 0. The van der Waals surface area contributed by atoms with Crippen LogP contribution in [0.4, 0.5) is 9.59 Å². The monoisotopic (exact) mass is 346 g/mol. The van der Waals surface area contributed by atoms with Crippen molar-refractivity contribution >= 4 is 12.3 Å². The van der Waals surface area contributed by atoms with Crippen LogP contribution in [0.3, 0.4) is 0 Å². The molecule has 0 aromatic carbocycles. The Hall–Kier alpha value is -0.0995. The first-order valence-corrected chi connectivity index (χ1v) is 1.22. The first-order valence-electron chi connectivity index (χ1n) is 1.22. The molecule has 0 saturated carbocycles. The molecule has 0 aliphatic rings. The van der Waals surface area contributed by atoms with Gasteiger partial charge in [0.25, 0.3) is 0 Å². The van der Waals surface area contributed by atoms with Gasteiger partial charge in [0, 0.05) is 0 Å². The van der Waals surface area contributed by atoms with Crippen molar-refractivity contribution in [3.8, 4) is 0 Å². The smallest absolute Gasteiger partial charge is 0.870 e. The number of carbonyl (C=O) groups excluding carboxylic acids is 2. The van der Waals surface area contributed by atoms with Crippen LogP contribution in [-0.4, -0.2) is 28.7 Å². The molecular weight excluding hydrogens is 344 g/mol. The standard InChI is InChI=1S/2CH2O3.3Ni.3H2O/c2*2-1(3)4;;;;;;/h2*(H2,2,3,4);;;;3*1H2/q;;3*+2;;;/p-6. The topological polar surface area (TPSA) is 218 Å². The number of hydrogen-bond donors (Lipinski definition) is 0. The van der Waals surface area contributed by atoms with Gasteiger partial charge in [-0.25, -0.2) is 0 Å². The summed E-state index contributed by atoms with van der Waals surface area (Å²) in [4.78, 5) is 16.7. The summed E-state index contributed by atoms with van der Waals surface area (Å²) in [7, 11) is 0. The van der Waals surface area contributed by atoms with Crippen LogP contribution in [0.15, 0.2) is 0 Å². The first kappa shape index (κ1) is 66.4. The molecule has 14 heavy (non-hydrogen) atoms. The Morgan fingerprint density at radius 1 is 0.643 bits per heavy atom. The number of hydrogen-bond acceptors (Lipinski definition) is 8. The van der Waals surface area contributed by atoms with E-state index in [1.165, 1.54) is 0 Å². The van der Waals surface area contributed by atoms with E-state index < -0.39 is 12.3 Å². The van der Waals surface area contributed by atoms with Gasteiger partial charge in [-0.05, 0) is 12.3 Å². The summed E-state index contributed by atoms with van der Waals surface area (Å²) in [5.41, 5.74) is 0. The zero-order valence-electron chi connectivity index (χ0n) is 5.79. The second-order valence-corrected chi connectivity index (χ2v) is 0.500. The van der Waals surface area contributed by atoms with Gasteiger partial charge in [0.2, 0.25) is 0 Å². The van der Waals surface area contributed by atoms with Crippen LogP contribution in [0.5, 0.6) is 0 Å². The summed E-state index contributed by atoms with van der Waals surface area (Å²) in [6.07, 6.45) is -4.67. The molecule has 0 unspecified atom stereocenters. The molecule has 9 nitrogen and oxygen atoms in total. The zero-order valence-corrected chi connectivity index (χ0v) is 8.76. The molecule has 0 aliphatic heterocycles. The molecular formula is C2H4Ni3O9. The number of carbonyl (C=O) groups is 2. The molecule has 0 spiro atoms. The SMILES string of the molecule is O.O=C([O-])[O-].O=C([O-])[O-].[Ni+2].[Ni+2].[Ni+2].[OH-].[OH-].